The topological polar surface area (TPSA) is 34.1 Å². The first-order valence-corrected chi connectivity index (χ1v) is 8.88. The zero-order valence-electron chi connectivity index (χ0n) is 13.5. The van der Waals surface area contributed by atoms with Crippen molar-refractivity contribution in [1.29, 1.82) is 0 Å². The minimum absolute atomic E-state index is 0.0608. The zero-order chi connectivity index (χ0) is 16.2. The third-order valence-corrected chi connectivity index (χ3v) is 7.28. The number of Topliss-reactive ketones (excluding diaryl/α,β-unsaturated/α-hetero) is 2. The van der Waals surface area contributed by atoms with Gasteiger partial charge in [0.1, 0.15) is 5.78 Å². The molecule has 0 aliphatic heterocycles. The van der Waals surface area contributed by atoms with Crippen molar-refractivity contribution in [2.75, 3.05) is 0 Å². The third-order valence-electron chi connectivity index (χ3n) is 7.28. The van der Waals surface area contributed by atoms with E-state index in [1.54, 1.807) is 0 Å². The van der Waals surface area contributed by atoms with E-state index in [1.165, 1.54) is 5.56 Å². The molecule has 0 N–H and O–H groups in total. The van der Waals surface area contributed by atoms with Crippen LogP contribution < -0.4 is 0 Å². The van der Waals surface area contributed by atoms with Gasteiger partial charge >= 0.3 is 0 Å². The lowest BCUT2D eigenvalue weighted by molar-refractivity contribution is -0.124. The SMILES string of the molecule is Cc1ccc(C(=O)[C@@H]2[C@@H]3[C@@H]4C(=O)[C@]5(c6ccccc6)[C@@H]2[C@@H]5[C@@H]43)cc1. The van der Waals surface area contributed by atoms with E-state index < -0.39 is 0 Å². The summed E-state index contributed by atoms with van der Waals surface area (Å²) in [5.41, 5.74) is 2.82. The molecule has 0 bridgehead atoms. The summed E-state index contributed by atoms with van der Waals surface area (Å²) in [7, 11) is 0. The van der Waals surface area contributed by atoms with Crippen LogP contribution >= 0.6 is 0 Å². The molecule has 2 aromatic carbocycles. The molecule has 0 saturated heterocycles. The van der Waals surface area contributed by atoms with Gasteiger partial charge in [-0.3, -0.25) is 9.59 Å². The van der Waals surface area contributed by atoms with Crippen molar-refractivity contribution >= 4 is 11.6 Å². The summed E-state index contributed by atoms with van der Waals surface area (Å²) in [4.78, 5) is 26.2. The van der Waals surface area contributed by atoms with Gasteiger partial charge < -0.3 is 0 Å². The van der Waals surface area contributed by atoms with Crippen molar-refractivity contribution in [2.45, 2.75) is 12.3 Å². The standard InChI is InChI=1S/C22H18O2/c1-11-7-9-12(10-8-11)20(23)17-14-15-16(14)21(24)22(18(15)19(17)22)13-5-3-2-4-6-13/h2-10,14-19H,1H3/t14-,15+,16-,17+,18-,19-,22-/m0/s1. The Morgan fingerprint density at radius 1 is 0.917 bits per heavy atom. The maximum atomic E-state index is 13.2. The summed E-state index contributed by atoms with van der Waals surface area (Å²) >= 11 is 0. The highest BCUT2D eigenvalue weighted by Crippen LogP contribution is 2.90. The largest absolute Gasteiger partial charge is 0.298 e. The first-order chi connectivity index (χ1) is 11.7. The molecule has 4 aliphatic rings. The Kier molecular flexibility index (Phi) is 2.12. The van der Waals surface area contributed by atoms with Crippen LogP contribution in [0.5, 0.6) is 0 Å². The molecule has 7 atom stereocenters. The summed E-state index contributed by atoms with van der Waals surface area (Å²) in [5.74, 6) is 2.44. The number of aryl methyl sites for hydroxylation is 1. The number of rotatable bonds is 3. The van der Waals surface area contributed by atoms with Crippen molar-refractivity contribution in [3.05, 3.63) is 71.3 Å². The molecule has 0 amide bonds. The van der Waals surface area contributed by atoms with Gasteiger partial charge in [0.2, 0.25) is 0 Å². The number of ketones is 2. The molecular weight excluding hydrogens is 296 g/mol. The molecule has 2 nitrogen and oxygen atoms in total. The summed E-state index contributed by atoms with van der Waals surface area (Å²) in [6.45, 7) is 2.04. The highest BCUT2D eigenvalue weighted by atomic mass is 16.1. The number of benzene rings is 2. The van der Waals surface area contributed by atoms with Gasteiger partial charge in [-0.2, -0.15) is 0 Å². The Labute approximate surface area is 140 Å². The fraction of sp³-hybridized carbons (Fsp3) is 0.364. The highest BCUT2D eigenvalue weighted by Gasteiger charge is 2.95. The third kappa shape index (κ3) is 1.21. The number of hydrogen-bond acceptors (Lipinski definition) is 2. The predicted molar refractivity (Wildman–Crippen MR) is 89.6 cm³/mol. The molecule has 4 fully saturated rings. The molecular formula is C22H18O2. The lowest BCUT2D eigenvalue weighted by Crippen LogP contribution is -2.36. The van der Waals surface area contributed by atoms with E-state index in [0.29, 0.717) is 23.5 Å². The highest BCUT2D eigenvalue weighted by molar-refractivity contribution is 6.10. The minimum Gasteiger partial charge on any atom is -0.298 e. The summed E-state index contributed by atoms with van der Waals surface area (Å²) in [6, 6.07) is 18.1. The predicted octanol–water partition coefficient (Wildman–Crippen LogP) is 3.44. The van der Waals surface area contributed by atoms with E-state index in [-0.39, 0.29) is 29.0 Å². The van der Waals surface area contributed by atoms with Crippen molar-refractivity contribution < 1.29 is 9.59 Å². The average Bonchev–Trinajstić information content (AvgIpc) is 3.45. The lowest BCUT2D eigenvalue weighted by Gasteiger charge is -2.27. The van der Waals surface area contributed by atoms with Gasteiger partial charge in [0.15, 0.2) is 5.78 Å². The van der Waals surface area contributed by atoms with Gasteiger partial charge in [0, 0.05) is 17.4 Å². The van der Waals surface area contributed by atoms with E-state index >= 15 is 0 Å². The number of fused-ring (bicyclic) bond motifs is 2. The minimum atomic E-state index is -0.323. The molecule has 0 heterocycles. The van der Waals surface area contributed by atoms with Gasteiger partial charge in [-0.15, -0.1) is 0 Å². The molecule has 2 aromatic rings. The molecule has 0 aromatic heterocycles. The molecule has 0 unspecified atom stereocenters. The fourth-order valence-electron chi connectivity index (χ4n) is 6.46. The maximum Gasteiger partial charge on any atom is 0.166 e. The van der Waals surface area contributed by atoms with Crippen LogP contribution in [-0.2, 0) is 10.2 Å². The van der Waals surface area contributed by atoms with Gasteiger partial charge in [0.05, 0.1) is 5.41 Å². The van der Waals surface area contributed by atoms with E-state index in [0.717, 1.165) is 11.1 Å². The van der Waals surface area contributed by atoms with Crippen LogP contribution in [0.25, 0.3) is 0 Å². The molecule has 0 spiro atoms. The Hall–Kier alpha value is -2.22. The average molecular weight is 314 g/mol. The number of hydrogen-bond donors (Lipinski definition) is 0. The van der Waals surface area contributed by atoms with Crippen LogP contribution in [0.15, 0.2) is 54.6 Å². The van der Waals surface area contributed by atoms with Crippen LogP contribution in [0.4, 0.5) is 0 Å². The second-order valence-electron chi connectivity index (χ2n) is 8.09. The van der Waals surface area contributed by atoms with Crippen LogP contribution in [0.1, 0.15) is 21.5 Å². The van der Waals surface area contributed by atoms with Crippen molar-refractivity contribution in [1.82, 2.24) is 0 Å². The Balaban J connectivity index is 1.42. The molecule has 118 valence electrons. The normalized spacial score (nSPS) is 42.8. The second kappa shape index (κ2) is 3.88. The van der Waals surface area contributed by atoms with Crippen molar-refractivity contribution in [3.8, 4) is 0 Å². The first kappa shape index (κ1) is 13.1. The summed E-state index contributed by atoms with van der Waals surface area (Å²) < 4.78 is 0. The summed E-state index contributed by atoms with van der Waals surface area (Å²) in [6.07, 6.45) is 0. The Bertz CT molecular complexity index is 897. The van der Waals surface area contributed by atoms with Crippen molar-refractivity contribution in [2.24, 2.45) is 35.5 Å². The number of carbonyl (C=O) groups excluding carboxylic acids is 2. The monoisotopic (exact) mass is 314 g/mol. The Morgan fingerprint density at radius 3 is 2.29 bits per heavy atom. The van der Waals surface area contributed by atoms with Crippen LogP contribution in [-0.4, -0.2) is 11.6 Å². The van der Waals surface area contributed by atoms with E-state index in [1.807, 2.05) is 49.4 Å². The molecule has 4 saturated carbocycles. The molecule has 0 radical (unpaired) electrons. The quantitative estimate of drug-likeness (QED) is 0.813. The smallest absolute Gasteiger partial charge is 0.166 e. The summed E-state index contributed by atoms with van der Waals surface area (Å²) in [5, 5.41) is 0. The lowest BCUT2D eigenvalue weighted by atomic mass is 9.74. The fourth-order valence-corrected chi connectivity index (χ4v) is 6.46. The second-order valence-corrected chi connectivity index (χ2v) is 8.09. The Morgan fingerprint density at radius 2 is 1.62 bits per heavy atom. The van der Waals surface area contributed by atoms with Crippen LogP contribution in [0, 0.1) is 42.4 Å². The van der Waals surface area contributed by atoms with Gasteiger partial charge in [0.25, 0.3) is 0 Å². The molecule has 2 heteroatoms. The zero-order valence-corrected chi connectivity index (χ0v) is 13.5. The van der Waals surface area contributed by atoms with Crippen LogP contribution in [0.3, 0.4) is 0 Å². The molecule has 24 heavy (non-hydrogen) atoms. The number of carbonyl (C=O) groups is 2. The van der Waals surface area contributed by atoms with Gasteiger partial charge in [-0.05, 0) is 36.2 Å². The van der Waals surface area contributed by atoms with Crippen LogP contribution in [0.2, 0.25) is 0 Å². The molecule has 6 rings (SSSR count). The van der Waals surface area contributed by atoms with E-state index in [2.05, 4.69) is 12.1 Å². The van der Waals surface area contributed by atoms with E-state index in [9.17, 15) is 9.59 Å². The first-order valence-electron chi connectivity index (χ1n) is 8.88. The van der Waals surface area contributed by atoms with Gasteiger partial charge in [-0.1, -0.05) is 60.2 Å². The van der Waals surface area contributed by atoms with Crippen molar-refractivity contribution in [3.63, 3.8) is 0 Å². The molecule has 4 aliphatic carbocycles. The maximum absolute atomic E-state index is 13.2. The van der Waals surface area contributed by atoms with E-state index in [4.69, 9.17) is 0 Å². The van der Waals surface area contributed by atoms with Gasteiger partial charge in [-0.25, -0.2) is 0 Å².